The smallest absolute Gasteiger partial charge is 0.346 e. The molecule has 3 rings (SSSR count). The molecular weight excluding hydrogens is 222 g/mol. The van der Waals surface area contributed by atoms with E-state index in [0.717, 1.165) is 30.9 Å². The van der Waals surface area contributed by atoms with Crippen molar-refractivity contribution in [3.63, 3.8) is 0 Å². The molecule has 2 heterocycles. The van der Waals surface area contributed by atoms with Crippen molar-refractivity contribution < 1.29 is 4.79 Å². The van der Waals surface area contributed by atoms with Gasteiger partial charge >= 0.3 is 6.03 Å². The second-order valence-corrected chi connectivity index (χ2v) is 6.20. The van der Waals surface area contributed by atoms with Crippen molar-refractivity contribution in [2.75, 3.05) is 18.1 Å². The first-order valence-electron chi connectivity index (χ1n) is 5.96. The van der Waals surface area contributed by atoms with Gasteiger partial charge in [0.15, 0.2) is 0 Å². The molecule has 1 saturated heterocycles. The molecule has 16 heavy (non-hydrogen) atoms. The fourth-order valence-corrected chi connectivity index (χ4v) is 3.80. The summed E-state index contributed by atoms with van der Waals surface area (Å²) in [5.41, 5.74) is 5.78. The molecule has 1 saturated carbocycles. The second-order valence-electron chi connectivity index (χ2n) is 4.98. The lowest BCUT2D eigenvalue weighted by Gasteiger charge is -2.40. The zero-order chi connectivity index (χ0) is 11.2. The quantitative estimate of drug-likeness (QED) is 0.793. The molecule has 0 atom stereocenters. The lowest BCUT2D eigenvalue weighted by Crippen LogP contribution is -2.56. The van der Waals surface area contributed by atoms with Crippen molar-refractivity contribution in [1.82, 2.24) is 4.90 Å². The molecule has 0 aromatic heterocycles. The number of nitrogens with two attached hydrogens (primary N) is 1. The van der Waals surface area contributed by atoms with E-state index in [4.69, 9.17) is 5.73 Å². The van der Waals surface area contributed by atoms with Gasteiger partial charge in [0, 0.05) is 6.54 Å². The minimum atomic E-state index is -0.217. The molecule has 88 valence electrons. The summed E-state index contributed by atoms with van der Waals surface area (Å²) in [6, 6.07) is -0.101. The number of hydrogen-bond donors (Lipinski definition) is 1. The van der Waals surface area contributed by atoms with Crippen LogP contribution in [-0.2, 0) is 0 Å². The van der Waals surface area contributed by atoms with Crippen LogP contribution in [0.25, 0.3) is 0 Å². The normalized spacial score (nSPS) is 28.6. The zero-order valence-electron chi connectivity index (χ0n) is 9.32. The van der Waals surface area contributed by atoms with Gasteiger partial charge in [-0.25, -0.2) is 4.79 Å². The molecule has 0 unspecified atom stereocenters. The number of rotatable bonds is 2. The fourth-order valence-electron chi connectivity index (χ4n) is 2.64. The molecule has 4 nitrogen and oxygen atoms in total. The van der Waals surface area contributed by atoms with Crippen molar-refractivity contribution in [1.29, 1.82) is 0 Å². The summed E-state index contributed by atoms with van der Waals surface area (Å²) >= 11 is 1.95. The van der Waals surface area contributed by atoms with Crippen molar-refractivity contribution >= 4 is 23.6 Å². The summed E-state index contributed by atoms with van der Waals surface area (Å²) < 4.78 is 0. The number of aliphatic imine (C=N–C) groups is 1. The highest BCUT2D eigenvalue weighted by Crippen LogP contribution is 2.40. The van der Waals surface area contributed by atoms with E-state index in [9.17, 15) is 4.79 Å². The summed E-state index contributed by atoms with van der Waals surface area (Å²) in [7, 11) is 0. The Hall–Kier alpha value is -0.710. The Morgan fingerprint density at radius 1 is 1.44 bits per heavy atom. The van der Waals surface area contributed by atoms with E-state index in [1.165, 1.54) is 12.8 Å². The maximum Gasteiger partial charge on any atom is 0.346 e. The molecule has 0 bridgehead atoms. The summed E-state index contributed by atoms with van der Waals surface area (Å²) in [4.78, 5) is 17.8. The Morgan fingerprint density at radius 2 is 2.12 bits per heavy atom. The first-order valence-corrected chi connectivity index (χ1v) is 7.12. The third-order valence-corrected chi connectivity index (χ3v) is 4.88. The number of thioether (sulfide) groups is 1. The van der Waals surface area contributed by atoms with E-state index in [1.807, 2.05) is 16.7 Å². The Morgan fingerprint density at radius 3 is 2.75 bits per heavy atom. The summed E-state index contributed by atoms with van der Waals surface area (Å²) in [6.45, 7) is 0.869. The Balaban J connectivity index is 1.85. The molecule has 0 aromatic rings. The van der Waals surface area contributed by atoms with E-state index in [-0.39, 0.29) is 11.6 Å². The molecule has 0 radical (unpaired) electrons. The number of nitrogens with zero attached hydrogens (tertiary/aromatic N) is 2. The standard InChI is InChI=1S/C11H17N3OS/c12-9-11(3-5-16-6-4-11)14(10(15)13-9)7-8-1-2-8/h8H,1-7H2,(H2,12,13,15). The van der Waals surface area contributed by atoms with Gasteiger partial charge in [-0.3, -0.25) is 0 Å². The van der Waals surface area contributed by atoms with Gasteiger partial charge in [0.1, 0.15) is 11.4 Å². The van der Waals surface area contributed by atoms with E-state index < -0.39 is 0 Å². The van der Waals surface area contributed by atoms with Gasteiger partial charge in [-0.2, -0.15) is 16.8 Å². The van der Waals surface area contributed by atoms with Crippen LogP contribution in [0.2, 0.25) is 0 Å². The maximum absolute atomic E-state index is 11.9. The first kappa shape index (κ1) is 10.4. The third kappa shape index (κ3) is 1.52. The number of carbonyl (C=O) groups excluding carboxylic acids is 1. The number of carbonyl (C=O) groups is 1. The van der Waals surface area contributed by atoms with Crippen LogP contribution in [0.15, 0.2) is 4.99 Å². The summed E-state index contributed by atoms with van der Waals surface area (Å²) in [5.74, 6) is 3.45. The van der Waals surface area contributed by atoms with Crippen LogP contribution in [0.5, 0.6) is 0 Å². The molecule has 2 N–H and O–H groups in total. The minimum Gasteiger partial charge on any atom is -0.385 e. The van der Waals surface area contributed by atoms with Gasteiger partial charge in [-0.1, -0.05) is 0 Å². The van der Waals surface area contributed by atoms with Crippen LogP contribution < -0.4 is 5.73 Å². The second kappa shape index (κ2) is 3.65. The molecular formula is C11H17N3OS. The SMILES string of the molecule is NC1=NC(=O)N(CC2CC2)C12CCSCC2. The van der Waals surface area contributed by atoms with Crippen molar-refractivity contribution in [2.24, 2.45) is 16.6 Å². The van der Waals surface area contributed by atoms with Crippen molar-refractivity contribution in [3.05, 3.63) is 0 Å². The highest BCUT2D eigenvalue weighted by Gasteiger charge is 2.50. The highest BCUT2D eigenvalue weighted by molar-refractivity contribution is 7.99. The van der Waals surface area contributed by atoms with Crippen molar-refractivity contribution in [3.8, 4) is 0 Å². The van der Waals surface area contributed by atoms with Crippen LogP contribution >= 0.6 is 11.8 Å². The van der Waals surface area contributed by atoms with Crippen LogP contribution in [0.4, 0.5) is 4.79 Å². The molecule has 5 heteroatoms. The lowest BCUT2D eigenvalue weighted by atomic mass is 9.89. The van der Waals surface area contributed by atoms with E-state index >= 15 is 0 Å². The topological polar surface area (TPSA) is 58.7 Å². The zero-order valence-corrected chi connectivity index (χ0v) is 10.1. The fraction of sp³-hybridized carbons (Fsp3) is 0.818. The number of amides is 2. The predicted octanol–water partition coefficient (Wildman–Crippen LogP) is 1.45. The Kier molecular flexibility index (Phi) is 2.38. The summed E-state index contributed by atoms with van der Waals surface area (Å²) in [5, 5.41) is 0. The lowest BCUT2D eigenvalue weighted by molar-refractivity contribution is 0.160. The average Bonchev–Trinajstić information content (AvgIpc) is 3.06. The third-order valence-electron chi connectivity index (χ3n) is 3.90. The van der Waals surface area contributed by atoms with Crippen LogP contribution in [0, 0.1) is 5.92 Å². The number of urea groups is 1. The van der Waals surface area contributed by atoms with Gasteiger partial charge in [-0.05, 0) is 43.1 Å². The van der Waals surface area contributed by atoms with E-state index in [1.54, 1.807) is 0 Å². The van der Waals surface area contributed by atoms with Crippen molar-refractivity contribution in [2.45, 2.75) is 31.2 Å². The monoisotopic (exact) mass is 239 g/mol. The minimum absolute atomic E-state index is 0.101. The molecule has 2 fully saturated rings. The molecule has 2 aliphatic heterocycles. The van der Waals surface area contributed by atoms with Gasteiger partial charge in [0.05, 0.1) is 0 Å². The van der Waals surface area contributed by atoms with Gasteiger partial charge in [0.25, 0.3) is 0 Å². The largest absolute Gasteiger partial charge is 0.385 e. The average molecular weight is 239 g/mol. The van der Waals surface area contributed by atoms with Crippen LogP contribution in [-0.4, -0.2) is 40.4 Å². The molecule has 1 spiro atoms. The maximum atomic E-state index is 11.9. The van der Waals surface area contributed by atoms with E-state index in [0.29, 0.717) is 11.8 Å². The number of amidine groups is 1. The highest BCUT2D eigenvalue weighted by atomic mass is 32.2. The number of hydrogen-bond acceptors (Lipinski definition) is 3. The Labute approximate surface area is 99.7 Å². The molecule has 1 aliphatic carbocycles. The van der Waals surface area contributed by atoms with Crippen LogP contribution in [0.1, 0.15) is 25.7 Å². The Bertz CT molecular complexity index is 345. The first-order chi connectivity index (χ1) is 7.72. The summed E-state index contributed by atoms with van der Waals surface area (Å²) in [6.07, 6.45) is 4.47. The van der Waals surface area contributed by atoms with Gasteiger partial charge < -0.3 is 10.6 Å². The molecule has 0 aromatic carbocycles. The molecule has 2 amide bonds. The van der Waals surface area contributed by atoms with Crippen LogP contribution in [0.3, 0.4) is 0 Å². The van der Waals surface area contributed by atoms with Gasteiger partial charge in [0.2, 0.25) is 0 Å². The molecule has 3 aliphatic rings. The predicted molar refractivity (Wildman–Crippen MR) is 65.7 cm³/mol. The van der Waals surface area contributed by atoms with E-state index in [2.05, 4.69) is 4.99 Å². The van der Waals surface area contributed by atoms with Gasteiger partial charge in [-0.15, -0.1) is 0 Å².